The first-order chi connectivity index (χ1) is 8.47. The molecule has 0 aromatic carbocycles. The van der Waals surface area contributed by atoms with Crippen molar-refractivity contribution in [1.82, 2.24) is 4.72 Å². The van der Waals surface area contributed by atoms with Crippen LogP contribution in [0.4, 0.5) is 0 Å². The van der Waals surface area contributed by atoms with Gasteiger partial charge in [0.05, 0.1) is 6.54 Å². The lowest BCUT2D eigenvalue weighted by atomic mass is 10.2. The minimum atomic E-state index is -3.51. The van der Waals surface area contributed by atoms with Crippen LogP contribution in [0.25, 0.3) is 0 Å². The molecule has 102 valence electrons. The average molecular weight is 337 g/mol. The number of nitrogens with two attached hydrogens (primary N) is 1. The number of sulfonamides is 1. The zero-order chi connectivity index (χ0) is 13.3. The summed E-state index contributed by atoms with van der Waals surface area (Å²) in [5.74, 6) is 0.924. The molecule has 0 saturated heterocycles. The van der Waals surface area contributed by atoms with E-state index in [2.05, 4.69) is 27.6 Å². The average Bonchev–Trinajstić information content (AvgIpc) is 2.88. The molecule has 1 heterocycles. The van der Waals surface area contributed by atoms with Crippen LogP contribution in [0.15, 0.2) is 20.0 Å². The highest BCUT2D eigenvalue weighted by Gasteiger charge is 2.40. The zero-order valence-electron chi connectivity index (χ0n) is 10.1. The predicted octanol–water partition coefficient (Wildman–Crippen LogP) is 1.97. The maximum Gasteiger partial charge on any atom is 0.245 e. The fourth-order valence-corrected chi connectivity index (χ4v) is 4.34. The van der Waals surface area contributed by atoms with Gasteiger partial charge < -0.3 is 10.2 Å². The SMILES string of the molecule is CCCC1CC1NS(=O)(=O)c1cc(CN)oc1Br. The van der Waals surface area contributed by atoms with Crippen LogP contribution in [-0.2, 0) is 16.6 Å². The minimum absolute atomic E-state index is 0.0677. The molecule has 3 N–H and O–H groups in total. The lowest BCUT2D eigenvalue weighted by molar-refractivity contribution is 0.483. The predicted molar refractivity (Wildman–Crippen MR) is 71.4 cm³/mol. The fraction of sp³-hybridized carbons (Fsp3) is 0.636. The van der Waals surface area contributed by atoms with Crippen LogP contribution in [0.2, 0.25) is 0 Å². The van der Waals surface area contributed by atoms with Crippen molar-refractivity contribution in [2.24, 2.45) is 11.7 Å². The number of halogens is 1. The molecule has 0 spiro atoms. The van der Waals surface area contributed by atoms with Crippen molar-refractivity contribution in [1.29, 1.82) is 0 Å². The molecule has 2 unspecified atom stereocenters. The van der Waals surface area contributed by atoms with E-state index < -0.39 is 10.0 Å². The molecule has 1 fully saturated rings. The molecule has 1 aliphatic rings. The molecule has 7 heteroatoms. The van der Waals surface area contributed by atoms with Gasteiger partial charge >= 0.3 is 0 Å². The first-order valence-electron chi connectivity index (χ1n) is 5.98. The van der Waals surface area contributed by atoms with E-state index in [4.69, 9.17) is 10.2 Å². The third-order valence-corrected chi connectivity index (χ3v) is 5.43. The second-order valence-corrected chi connectivity index (χ2v) is 6.97. The van der Waals surface area contributed by atoms with E-state index in [0.717, 1.165) is 19.3 Å². The van der Waals surface area contributed by atoms with Crippen LogP contribution in [0.1, 0.15) is 31.9 Å². The molecule has 1 aromatic rings. The third kappa shape index (κ3) is 2.96. The molecule has 0 amide bonds. The number of furan rings is 1. The Morgan fingerprint density at radius 1 is 1.61 bits per heavy atom. The van der Waals surface area contributed by atoms with E-state index >= 15 is 0 Å². The maximum atomic E-state index is 12.1. The maximum absolute atomic E-state index is 12.1. The summed E-state index contributed by atoms with van der Waals surface area (Å²) in [6, 6.07) is 1.53. The van der Waals surface area contributed by atoms with Crippen molar-refractivity contribution >= 4 is 26.0 Å². The summed E-state index contributed by atoms with van der Waals surface area (Å²) in [6.07, 6.45) is 3.07. The summed E-state index contributed by atoms with van der Waals surface area (Å²) in [7, 11) is -3.51. The highest BCUT2D eigenvalue weighted by atomic mass is 79.9. The zero-order valence-corrected chi connectivity index (χ0v) is 12.6. The van der Waals surface area contributed by atoms with Crippen molar-refractivity contribution in [3.63, 3.8) is 0 Å². The highest BCUT2D eigenvalue weighted by Crippen LogP contribution is 2.36. The Kier molecular flexibility index (Phi) is 4.15. The van der Waals surface area contributed by atoms with Gasteiger partial charge in [-0.05, 0) is 34.7 Å². The van der Waals surface area contributed by atoms with Gasteiger partial charge in [-0.3, -0.25) is 0 Å². The molecule has 2 rings (SSSR count). The van der Waals surface area contributed by atoms with Gasteiger partial charge in [0.15, 0.2) is 4.67 Å². The van der Waals surface area contributed by atoms with E-state index in [1.807, 2.05) is 0 Å². The first kappa shape index (κ1) is 14.0. The van der Waals surface area contributed by atoms with E-state index in [-0.39, 0.29) is 22.2 Å². The summed E-state index contributed by atoms with van der Waals surface area (Å²) in [6.45, 7) is 2.28. The molecule has 1 aliphatic carbocycles. The lowest BCUT2D eigenvalue weighted by Crippen LogP contribution is -2.27. The molecule has 1 aromatic heterocycles. The third-order valence-electron chi connectivity index (χ3n) is 3.09. The molecule has 0 aliphatic heterocycles. The van der Waals surface area contributed by atoms with Crippen molar-refractivity contribution in [2.45, 2.75) is 43.7 Å². The smallest absolute Gasteiger partial charge is 0.245 e. The lowest BCUT2D eigenvalue weighted by Gasteiger charge is -2.04. The van der Waals surface area contributed by atoms with Crippen LogP contribution in [0.3, 0.4) is 0 Å². The van der Waals surface area contributed by atoms with E-state index in [9.17, 15) is 8.42 Å². The van der Waals surface area contributed by atoms with Gasteiger partial charge in [-0.1, -0.05) is 13.3 Å². The summed E-state index contributed by atoms with van der Waals surface area (Å²) in [5.41, 5.74) is 5.42. The topological polar surface area (TPSA) is 85.3 Å². The summed E-state index contributed by atoms with van der Waals surface area (Å²) < 4.78 is 32.4. The molecule has 0 radical (unpaired) electrons. The van der Waals surface area contributed by atoms with Crippen LogP contribution in [-0.4, -0.2) is 14.5 Å². The van der Waals surface area contributed by atoms with Crippen LogP contribution in [0, 0.1) is 5.92 Å². The summed E-state index contributed by atoms with van der Waals surface area (Å²) in [5, 5.41) is 0. The Bertz CT molecular complexity index is 526. The quantitative estimate of drug-likeness (QED) is 0.831. The van der Waals surface area contributed by atoms with Crippen LogP contribution >= 0.6 is 15.9 Å². The molecule has 1 saturated carbocycles. The van der Waals surface area contributed by atoms with Gasteiger partial charge in [0, 0.05) is 12.1 Å². The fourth-order valence-electron chi connectivity index (χ4n) is 2.03. The molecular weight excluding hydrogens is 320 g/mol. The first-order valence-corrected chi connectivity index (χ1v) is 8.26. The van der Waals surface area contributed by atoms with Crippen molar-refractivity contribution < 1.29 is 12.8 Å². The van der Waals surface area contributed by atoms with Gasteiger partial charge in [-0.15, -0.1) is 0 Å². The standard InChI is InChI=1S/C11H17BrN2O3S/c1-2-3-7-4-9(7)14-18(15,16)10-5-8(6-13)17-11(10)12/h5,7,9,14H,2-4,6,13H2,1H3. The van der Waals surface area contributed by atoms with Gasteiger partial charge in [-0.2, -0.15) is 0 Å². The van der Waals surface area contributed by atoms with Gasteiger partial charge in [0.2, 0.25) is 10.0 Å². The van der Waals surface area contributed by atoms with Gasteiger partial charge in [0.1, 0.15) is 10.7 Å². The summed E-state index contributed by atoms with van der Waals surface area (Å²) >= 11 is 3.11. The number of nitrogens with one attached hydrogen (secondary N) is 1. The second kappa shape index (κ2) is 5.32. The largest absolute Gasteiger partial charge is 0.452 e. The Morgan fingerprint density at radius 3 is 2.89 bits per heavy atom. The van der Waals surface area contributed by atoms with Crippen LogP contribution < -0.4 is 10.5 Å². The number of hydrogen-bond acceptors (Lipinski definition) is 4. The Morgan fingerprint density at radius 2 is 2.33 bits per heavy atom. The van der Waals surface area contributed by atoms with Gasteiger partial charge in [-0.25, -0.2) is 13.1 Å². The second-order valence-electron chi connectivity index (χ2n) is 4.57. The minimum Gasteiger partial charge on any atom is -0.452 e. The number of hydrogen-bond donors (Lipinski definition) is 2. The van der Waals surface area contributed by atoms with Crippen molar-refractivity contribution in [3.8, 4) is 0 Å². The van der Waals surface area contributed by atoms with Crippen molar-refractivity contribution in [3.05, 3.63) is 16.5 Å². The van der Waals surface area contributed by atoms with Crippen LogP contribution in [0.5, 0.6) is 0 Å². The number of rotatable bonds is 6. The molecule has 2 atom stereocenters. The Hall–Kier alpha value is -0.370. The normalized spacial score (nSPS) is 23.3. The van der Waals surface area contributed by atoms with E-state index in [0.29, 0.717) is 11.7 Å². The Labute approximate surface area is 115 Å². The Balaban J connectivity index is 2.09. The molecule has 0 bridgehead atoms. The van der Waals surface area contributed by atoms with E-state index in [1.165, 1.54) is 6.07 Å². The molecule has 5 nitrogen and oxygen atoms in total. The summed E-state index contributed by atoms with van der Waals surface area (Å²) in [4.78, 5) is 0.130. The molecular formula is C11H17BrN2O3S. The van der Waals surface area contributed by atoms with E-state index in [1.54, 1.807) is 0 Å². The van der Waals surface area contributed by atoms with Crippen molar-refractivity contribution in [2.75, 3.05) is 0 Å². The monoisotopic (exact) mass is 336 g/mol. The highest BCUT2D eigenvalue weighted by molar-refractivity contribution is 9.10. The van der Waals surface area contributed by atoms with Gasteiger partial charge in [0.25, 0.3) is 0 Å². The molecule has 18 heavy (non-hydrogen) atoms.